The lowest BCUT2D eigenvalue weighted by molar-refractivity contribution is 0.0537. The molecular weight excluding hydrogens is 224 g/mol. The van der Waals surface area contributed by atoms with Crippen molar-refractivity contribution in [2.75, 3.05) is 26.2 Å². The third-order valence-corrected chi connectivity index (χ3v) is 4.15. The van der Waals surface area contributed by atoms with Gasteiger partial charge in [-0.1, -0.05) is 18.2 Å². The highest BCUT2D eigenvalue weighted by atomic mass is 16.2. The van der Waals surface area contributed by atoms with Crippen molar-refractivity contribution in [3.8, 4) is 0 Å². The van der Waals surface area contributed by atoms with E-state index in [0.29, 0.717) is 11.8 Å². The number of amides is 1. The summed E-state index contributed by atoms with van der Waals surface area (Å²) in [4.78, 5) is 14.6. The first-order chi connectivity index (χ1) is 8.74. The van der Waals surface area contributed by atoms with Gasteiger partial charge in [-0.25, -0.2) is 0 Å². The van der Waals surface area contributed by atoms with Crippen LogP contribution < -0.4 is 5.32 Å². The van der Waals surface area contributed by atoms with E-state index in [1.807, 2.05) is 31.2 Å². The van der Waals surface area contributed by atoms with E-state index in [2.05, 4.69) is 10.2 Å². The lowest BCUT2D eigenvalue weighted by Crippen LogP contribution is -2.52. The maximum atomic E-state index is 12.6. The van der Waals surface area contributed by atoms with Crippen LogP contribution in [-0.4, -0.2) is 37.0 Å². The fourth-order valence-electron chi connectivity index (χ4n) is 3.25. The Labute approximate surface area is 108 Å². The Hall–Kier alpha value is -1.35. The van der Waals surface area contributed by atoms with E-state index in [0.717, 1.165) is 37.3 Å². The van der Waals surface area contributed by atoms with E-state index >= 15 is 0 Å². The minimum Gasteiger partial charge on any atom is -0.338 e. The number of likely N-dealkylation sites (tertiary alicyclic amines) is 1. The summed E-state index contributed by atoms with van der Waals surface area (Å²) in [5, 5.41) is 3.46. The van der Waals surface area contributed by atoms with Gasteiger partial charge in [0.25, 0.3) is 5.91 Å². The predicted molar refractivity (Wildman–Crippen MR) is 71.5 cm³/mol. The summed E-state index contributed by atoms with van der Waals surface area (Å²) in [6.07, 6.45) is 1.28. The summed E-state index contributed by atoms with van der Waals surface area (Å²) in [6.45, 7) is 5.97. The Morgan fingerprint density at radius 2 is 1.89 bits per heavy atom. The van der Waals surface area contributed by atoms with Gasteiger partial charge in [-0.05, 0) is 49.9 Å². The molecule has 2 aliphatic rings. The summed E-state index contributed by atoms with van der Waals surface area (Å²) < 4.78 is 0. The maximum absolute atomic E-state index is 12.6. The molecule has 0 spiro atoms. The highest BCUT2D eigenvalue weighted by Crippen LogP contribution is 2.26. The number of rotatable bonds is 1. The van der Waals surface area contributed by atoms with Crippen LogP contribution >= 0.6 is 0 Å². The monoisotopic (exact) mass is 244 g/mol. The van der Waals surface area contributed by atoms with Gasteiger partial charge in [0.2, 0.25) is 0 Å². The summed E-state index contributed by atoms with van der Waals surface area (Å²) in [5.74, 6) is 1.50. The molecule has 3 heteroatoms. The fraction of sp³-hybridized carbons (Fsp3) is 0.533. The first-order valence-corrected chi connectivity index (χ1v) is 6.79. The molecule has 2 atom stereocenters. The van der Waals surface area contributed by atoms with Crippen LogP contribution in [0.2, 0.25) is 0 Å². The van der Waals surface area contributed by atoms with E-state index in [1.165, 1.54) is 6.42 Å². The van der Waals surface area contributed by atoms with Gasteiger partial charge in [-0.3, -0.25) is 4.79 Å². The Morgan fingerprint density at radius 3 is 2.56 bits per heavy atom. The average molecular weight is 244 g/mol. The smallest absolute Gasteiger partial charge is 0.254 e. The van der Waals surface area contributed by atoms with Crippen LogP contribution in [0.15, 0.2) is 24.3 Å². The number of piperidine rings is 2. The van der Waals surface area contributed by atoms with Gasteiger partial charge in [-0.2, -0.15) is 0 Å². The van der Waals surface area contributed by atoms with Crippen molar-refractivity contribution in [3.63, 3.8) is 0 Å². The van der Waals surface area contributed by atoms with Crippen molar-refractivity contribution in [2.45, 2.75) is 13.3 Å². The molecule has 0 aliphatic carbocycles. The zero-order valence-corrected chi connectivity index (χ0v) is 10.9. The molecule has 2 bridgehead atoms. The second-order valence-corrected chi connectivity index (χ2v) is 5.65. The minimum absolute atomic E-state index is 0.213. The van der Waals surface area contributed by atoms with Crippen LogP contribution in [0.5, 0.6) is 0 Å². The summed E-state index contributed by atoms with van der Waals surface area (Å²) in [5.41, 5.74) is 1.95. The lowest BCUT2D eigenvalue weighted by atomic mass is 9.85. The average Bonchev–Trinajstić information content (AvgIpc) is 2.38. The molecule has 2 fully saturated rings. The third-order valence-electron chi connectivity index (χ3n) is 4.15. The Morgan fingerprint density at radius 1 is 1.22 bits per heavy atom. The van der Waals surface area contributed by atoms with Gasteiger partial charge >= 0.3 is 0 Å². The van der Waals surface area contributed by atoms with Gasteiger partial charge in [0.15, 0.2) is 0 Å². The van der Waals surface area contributed by atoms with E-state index in [-0.39, 0.29) is 5.91 Å². The molecule has 0 saturated carbocycles. The molecular formula is C15H20N2O. The van der Waals surface area contributed by atoms with Crippen molar-refractivity contribution < 1.29 is 4.79 Å². The van der Waals surface area contributed by atoms with Crippen molar-refractivity contribution in [2.24, 2.45) is 11.8 Å². The molecule has 1 aromatic carbocycles. The summed E-state index contributed by atoms with van der Waals surface area (Å²) in [6, 6.07) is 7.90. The Bertz CT molecular complexity index is 446. The van der Waals surface area contributed by atoms with Crippen LogP contribution in [0.4, 0.5) is 0 Å². The predicted octanol–water partition coefficient (Wildman–Crippen LogP) is 1.68. The molecule has 0 unspecified atom stereocenters. The number of hydrogen-bond donors (Lipinski definition) is 1. The molecule has 3 rings (SSSR count). The number of nitrogens with zero attached hydrogens (tertiary/aromatic N) is 1. The topological polar surface area (TPSA) is 32.3 Å². The molecule has 1 amide bonds. The number of benzene rings is 1. The van der Waals surface area contributed by atoms with Gasteiger partial charge in [0.05, 0.1) is 0 Å². The number of fused-ring (bicyclic) bond motifs is 2. The zero-order valence-electron chi connectivity index (χ0n) is 10.9. The molecule has 1 aromatic rings. The summed E-state index contributed by atoms with van der Waals surface area (Å²) in [7, 11) is 0. The highest BCUT2D eigenvalue weighted by Gasteiger charge is 2.33. The van der Waals surface area contributed by atoms with Crippen molar-refractivity contribution in [3.05, 3.63) is 35.4 Å². The maximum Gasteiger partial charge on any atom is 0.254 e. The van der Waals surface area contributed by atoms with E-state index in [9.17, 15) is 4.79 Å². The van der Waals surface area contributed by atoms with Crippen molar-refractivity contribution in [1.82, 2.24) is 10.2 Å². The van der Waals surface area contributed by atoms with Gasteiger partial charge in [-0.15, -0.1) is 0 Å². The molecule has 0 aromatic heterocycles. The van der Waals surface area contributed by atoms with Crippen molar-refractivity contribution in [1.29, 1.82) is 0 Å². The first kappa shape index (κ1) is 11.7. The van der Waals surface area contributed by atoms with E-state index in [4.69, 9.17) is 0 Å². The van der Waals surface area contributed by atoms with Crippen LogP contribution in [0.25, 0.3) is 0 Å². The van der Waals surface area contributed by atoms with Gasteiger partial charge < -0.3 is 10.2 Å². The van der Waals surface area contributed by atoms with Gasteiger partial charge in [0.1, 0.15) is 0 Å². The van der Waals surface area contributed by atoms with E-state index < -0.39 is 0 Å². The number of nitrogens with one attached hydrogen (secondary N) is 1. The van der Waals surface area contributed by atoms with E-state index in [1.54, 1.807) is 0 Å². The van der Waals surface area contributed by atoms with Crippen molar-refractivity contribution >= 4 is 5.91 Å². The number of carbonyl (C=O) groups excluding carboxylic acids is 1. The Kier molecular flexibility index (Phi) is 3.08. The zero-order chi connectivity index (χ0) is 12.5. The molecule has 96 valence electrons. The molecule has 18 heavy (non-hydrogen) atoms. The molecule has 2 heterocycles. The quantitative estimate of drug-likeness (QED) is 0.815. The first-order valence-electron chi connectivity index (χ1n) is 6.79. The molecule has 0 radical (unpaired) electrons. The second kappa shape index (κ2) is 4.73. The normalized spacial score (nSPS) is 27.1. The second-order valence-electron chi connectivity index (χ2n) is 5.65. The van der Waals surface area contributed by atoms with Crippen LogP contribution in [0, 0.1) is 18.8 Å². The third kappa shape index (κ3) is 2.15. The molecule has 1 N–H and O–H groups in total. The van der Waals surface area contributed by atoms with Crippen LogP contribution in [0.1, 0.15) is 22.3 Å². The highest BCUT2D eigenvalue weighted by molar-refractivity contribution is 5.95. The number of carbonyl (C=O) groups is 1. The molecule has 3 nitrogen and oxygen atoms in total. The van der Waals surface area contributed by atoms with Gasteiger partial charge in [0, 0.05) is 18.7 Å². The minimum atomic E-state index is 0.213. The van der Waals surface area contributed by atoms with Crippen LogP contribution in [-0.2, 0) is 0 Å². The molecule has 2 aliphatic heterocycles. The SMILES string of the molecule is Cc1ccccc1C(=O)N1C[C@@H]2CNC[C@@H](C2)C1. The Balaban J connectivity index is 1.79. The lowest BCUT2D eigenvalue weighted by Gasteiger charge is -2.41. The number of aryl methyl sites for hydroxylation is 1. The molecule has 2 saturated heterocycles. The largest absolute Gasteiger partial charge is 0.338 e. The van der Waals surface area contributed by atoms with Crippen LogP contribution in [0.3, 0.4) is 0 Å². The fourth-order valence-corrected chi connectivity index (χ4v) is 3.25. The number of hydrogen-bond acceptors (Lipinski definition) is 2. The summed E-state index contributed by atoms with van der Waals surface area (Å²) >= 11 is 0. The standard InChI is InChI=1S/C15H20N2O/c1-11-4-2-3-5-14(11)15(18)17-9-12-6-13(10-17)8-16-7-12/h2-5,12-13,16H,6-10H2,1H3/t12-,13+.